The highest BCUT2D eigenvalue weighted by Crippen LogP contribution is 2.22. The van der Waals surface area contributed by atoms with Gasteiger partial charge in [-0.15, -0.1) is 0 Å². The number of aliphatic hydroxyl groups is 1. The van der Waals surface area contributed by atoms with E-state index in [2.05, 4.69) is 0 Å². The van der Waals surface area contributed by atoms with E-state index in [1.165, 1.54) is 4.90 Å². The third-order valence-electron chi connectivity index (χ3n) is 2.81. The van der Waals surface area contributed by atoms with Gasteiger partial charge in [0.05, 0.1) is 18.8 Å². The molecule has 0 unspecified atom stereocenters. The molecule has 0 aliphatic carbocycles. The topological polar surface area (TPSA) is 76.1 Å². The van der Waals surface area contributed by atoms with Gasteiger partial charge in [0.2, 0.25) is 0 Å². The molecule has 0 bridgehead atoms. The molecule has 0 saturated carbocycles. The highest BCUT2D eigenvalue weighted by atomic mass is 16.6. The lowest BCUT2D eigenvalue weighted by molar-refractivity contribution is -0.156. The van der Waals surface area contributed by atoms with Crippen LogP contribution in [0.3, 0.4) is 0 Å². The second-order valence-electron chi connectivity index (χ2n) is 6.37. The average molecular weight is 287 g/mol. The van der Waals surface area contributed by atoms with Crippen LogP contribution >= 0.6 is 0 Å². The summed E-state index contributed by atoms with van der Waals surface area (Å²) in [5, 5.41) is 9.71. The highest BCUT2D eigenvalue weighted by Gasteiger charge is 2.38. The van der Waals surface area contributed by atoms with Gasteiger partial charge in [0.25, 0.3) is 0 Å². The molecule has 1 saturated heterocycles. The Morgan fingerprint density at radius 3 is 2.35 bits per heavy atom. The van der Waals surface area contributed by atoms with Crippen molar-refractivity contribution in [3.05, 3.63) is 0 Å². The summed E-state index contributed by atoms with van der Waals surface area (Å²) >= 11 is 0. The molecule has 1 N–H and O–H groups in total. The Hall–Kier alpha value is -1.30. The molecule has 0 aromatic heterocycles. The molecule has 20 heavy (non-hydrogen) atoms. The number of aliphatic hydroxyl groups excluding tert-OH is 1. The fourth-order valence-electron chi connectivity index (χ4n) is 2.03. The summed E-state index contributed by atoms with van der Waals surface area (Å²) in [6.07, 6.45) is -0.620. The summed E-state index contributed by atoms with van der Waals surface area (Å²) < 4.78 is 10.4. The Morgan fingerprint density at radius 1 is 1.25 bits per heavy atom. The maximum Gasteiger partial charge on any atom is 0.411 e. The zero-order valence-corrected chi connectivity index (χ0v) is 12.9. The van der Waals surface area contributed by atoms with Crippen molar-refractivity contribution in [1.82, 2.24) is 4.90 Å². The number of hydrogen-bond acceptors (Lipinski definition) is 5. The third kappa shape index (κ3) is 5.00. The normalized spacial score (nSPS) is 23.6. The monoisotopic (exact) mass is 287 g/mol. The minimum absolute atomic E-state index is 0.0901. The molecule has 116 valence electrons. The molecule has 1 aliphatic rings. The molecule has 6 heteroatoms. The maximum atomic E-state index is 12.1. The quantitative estimate of drug-likeness (QED) is 0.782. The van der Waals surface area contributed by atoms with Crippen molar-refractivity contribution in [3.63, 3.8) is 0 Å². The molecule has 0 radical (unpaired) electrons. The summed E-state index contributed by atoms with van der Waals surface area (Å²) in [5.74, 6) is -0.447. The molecular weight excluding hydrogens is 262 g/mol. The summed E-state index contributed by atoms with van der Waals surface area (Å²) in [5.41, 5.74) is -0.647. The van der Waals surface area contributed by atoms with Crippen LogP contribution in [0, 0.1) is 0 Å². The van der Waals surface area contributed by atoms with Crippen molar-refractivity contribution in [1.29, 1.82) is 0 Å². The zero-order valence-electron chi connectivity index (χ0n) is 12.9. The summed E-state index contributed by atoms with van der Waals surface area (Å²) in [6, 6.07) is -0.685. The van der Waals surface area contributed by atoms with E-state index in [9.17, 15) is 14.7 Å². The molecule has 0 aromatic carbocycles. The predicted molar refractivity (Wildman–Crippen MR) is 73.2 cm³/mol. The van der Waals surface area contributed by atoms with Gasteiger partial charge in [0.1, 0.15) is 11.6 Å². The lowest BCUT2D eigenvalue weighted by Gasteiger charge is -2.37. The van der Waals surface area contributed by atoms with Crippen molar-refractivity contribution in [3.8, 4) is 0 Å². The molecule has 1 heterocycles. The van der Waals surface area contributed by atoms with Crippen LogP contribution < -0.4 is 0 Å². The second kappa shape index (κ2) is 6.43. The molecule has 1 rings (SSSR count). The van der Waals surface area contributed by atoms with Crippen molar-refractivity contribution < 1.29 is 24.2 Å². The Balaban J connectivity index is 2.80. The molecule has 2 atom stereocenters. The number of carbonyl (C=O) groups is 2. The van der Waals surface area contributed by atoms with Gasteiger partial charge >= 0.3 is 12.1 Å². The molecule has 6 nitrogen and oxygen atoms in total. The largest absolute Gasteiger partial charge is 0.461 e. The second-order valence-corrected chi connectivity index (χ2v) is 6.37. The Labute approximate surface area is 120 Å². The fraction of sp³-hybridized carbons (Fsp3) is 0.857. The van der Waals surface area contributed by atoms with E-state index >= 15 is 0 Å². The summed E-state index contributed by atoms with van der Waals surface area (Å²) in [4.78, 5) is 25.5. The van der Waals surface area contributed by atoms with E-state index in [1.54, 1.807) is 34.6 Å². The molecule has 1 fully saturated rings. The van der Waals surface area contributed by atoms with Gasteiger partial charge in [-0.3, -0.25) is 4.90 Å². The van der Waals surface area contributed by atoms with Crippen LogP contribution in [0.4, 0.5) is 4.79 Å². The first-order valence-corrected chi connectivity index (χ1v) is 6.98. The minimum atomic E-state index is -0.685. The Kier molecular flexibility index (Phi) is 5.39. The first kappa shape index (κ1) is 16.8. The van der Waals surface area contributed by atoms with Gasteiger partial charge in [-0.1, -0.05) is 0 Å². The van der Waals surface area contributed by atoms with Crippen molar-refractivity contribution in [2.45, 2.75) is 71.3 Å². The fourth-order valence-corrected chi connectivity index (χ4v) is 2.03. The molecule has 0 spiro atoms. The number of rotatable bonds is 2. The summed E-state index contributed by atoms with van der Waals surface area (Å²) in [6.45, 7) is 8.87. The zero-order chi connectivity index (χ0) is 15.5. The number of ether oxygens (including phenoxy) is 2. The van der Waals surface area contributed by atoms with Crippen LogP contribution in [0.2, 0.25) is 0 Å². The van der Waals surface area contributed by atoms with Gasteiger partial charge in [0.15, 0.2) is 0 Å². The summed E-state index contributed by atoms with van der Waals surface area (Å²) in [7, 11) is 0. The Morgan fingerprint density at radius 2 is 1.85 bits per heavy atom. The lowest BCUT2D eigenvalue weighted by Crippen LogP contribution is -2.54. The first-order chi connectivity index (χ1) is 9.10. The van der Waals surface area contributed by atoms with Crippen molar-refractivity contribution in [2.75, 3.05) is 6.54 Å². The van der Waals surface area contributed by atoms with Gasteiger partial charge in [-0.25, -0.2) is 9.59 Å². The van der Waals surface area contributed by atoms with Crippen LogP contribution in [0.25, 0.3) is 0 Å². The molecule has 1 amide bonds. The van der Waals surface area contributed by atoms with Gasteiger partial charge in [0, 0.05) is 0 Å². The van der Waals surface area contributed by atoms with Crippen LogP contribution in [-0.4, -0.2) is 52.5 Å². The number of likely N-dealkylation sites (tertiary alicyclic amines) is 1. The Bertz CT molecular complexity index is 361. The maximum absolute atomic E-state index is 12.1. The van der Waals surface area contributed by atoms with Crippen LogP contribution in [0.5, 0.6) is 0 Å². The average Bonchev–Trinajstić information content (AvgIpc) is 2.25. The molecule has 0 aromatic rings. The number of hydrogen-bond donors (Lipinski definition) is 1. The van der Waals surface area contributed by atoms with E-state index in [0.717, 1.165) is 0 Å². The number of nitrogens with zero attached hydrogens (tertiary/aromatic N) is 1. The predicted octanol–water partition coefficient (Wildman–Crippen LogP) is 1.70. The molecule has 1 aliphatic heterocycles. The smallest absolute Gasteiger partial charge is 0.411 e. The van der Waals surface area contributed by atoms with Crippen LogP contribution in [-0.2, 0) is 14.3 Å². The highest BCUT2D eigenvalue weighted by molar-refractivity contribution is 5.82. The molecular formula is C14H25NO5. The van der Waals surface area contributed by atoms with Gasteiger partial charge in [-0.2, -0.15) is 0 Å². The first-order valence-electron chi connectivity index (χ1n) is 6.98. The SMILES string of the molecule is CC(C)OC(=O)[C@H]1CC[C@@H](O)CN1C(=O)OC(C)(C)C. The standard InChI is InChI=1S/C14H25NO5/c1-9(2)19-12(17)11-7-6-10(16)8-15(11)13(18)20-14(3,4)5/h9-11,16H,6-8H2,1-5H3/t10-,11-/m1/s1. The van der Waals surface area contributed by atoms with Gasteiger partial charge < -0.3 is 14.6 Å². The van der Waals surface area contributed by atoms with E-state index < -0.39 is 29.8 Å². The minimum Gasteiger partial charge on any atom is -0.461 e. The number of carbonyl (C=O) groups excluding carboxylic acids is 2. The number of esters is 1. The van der Waals surface area contributed by atoms with Crippen molar-refractivity contribution >= 4 is 12.1 Å². The van der Waals surface area contributed by atoms with E-state index in [-0.39, 0.29) is 12.6 Å². The number of amides is 1. The third-order valence-corrected chi connectivity index (χ3v) is 2.81. The van der Waals surface area contributed by atoms with Crippen LogP contribution in [0.15, 0.2) is 0 Å². The van der Waals surface area contributed by atoms with Crippen LogP contribution in [0.1, 0.15) is 47.5 Å². The number of piperidine rings is 1. The van der Waals surface area contributed by atoms with Gasteiger partial charge in [-0.05, 0) is 47.5 Å². The van der Waals surface area contributed by atoms with E-state index in [0.29, 0.717) is 12.8 Å². The van der Waals surface area contributed by atoms with E-state index in [1.807, 2.05) is 0 Å². The van der Waals surface area contributed by atoms with Crippen molar-refractivity contribution in [2.24, 2.45) is 0 Å². The van der Waals surface area contributed by atoms with E-state index in [4.69, 9.17) is 9.47 Å². The number of β-amino-alcohol motifs (C(OH)–C–C–N with tert-alkyl or cyclic N) is 1. The lowest BCUT2D eigenvalue weighted by atomic mass is 10.0.